The van der Waals surface area contributed by atoms with Gasteiger partial charge in [0, 0.05) is 12.2 Å². The summed E-state index contributed by atoms with van der Waals surface area (Å²) in [6, 6.07) is 3.55. The van der Waals surface area contributed by atoms with Crippen molar-refractivity contribution in [2.45, 2.75) is 52.0 Å². The Kier molecular flexibility index (Phi) is 5.00. The molecule has 1 aromatic heterocycles. The Bertz CT molecular complexity index is 373. The Labute approximate surface area is 110 Å². The molecular weight excluding hydrogens is 224 g/mol. The lowest BCUT2D eigenvalue weighted by atomic mass is 10.0. The smallest absolute Gasteiger partial charge is 0.138 e. The number of nitrogens with one attached hydrogen (secondary N) is 1. The van der Waals surface area contributed by atoms with Crippen LogP contribution in [0.2, 0.25) is 0 Å². The van der Waals surface area contributed by atoms with Gasteiger partial charge in [-0.1, -0.05) is 25.7 Å². The van der Waals surface area contributed by atoms with E-state index in [0.717, 1.165) is 23.9 Å². The normalized spacial score (nSPS) is 16.3. The first-order valence-corrected chi connectivity index (χ1v) is 7.12. The van der Waals surface area contributed by atoms with Crippen molar-refractivity contribution in [2.24, 2.45) is 5.92 Å². The van der Waals surface area contributed by atoms with Crippen molar-refractivity contribution in [3.63, 3.8) is 0 Å². The number of hydrogen-bond donors (Lipinski definition) is 2. The Morgan fingerprint density at radius 1 is 1.33 bits per heavy atom. The number of aromatic nitrogens is 1. The maximum Gasteiger partial charge on any atom is 0.138 e. The first-order valence-electron chi connectivity index (χ1n) is 7.12. The molecule has 3 heteroatoms. The predicted octanol–water partition coefficient (Wildman–Crippen LogP) is 3.16. The Morgan fingerprint density at radius 3 is 2.89 bits per heavy atom. The molecule has 0 amide bonds. The van der Waals surface area contributed by atoms with Crippen molar-refractivity contribution >= 4 is 0 Å². The topological polar surface area (TPSA) is 45.1 Å². The van der Waals surface area contributed by atoms with Crippen LogP contribution in [0.5, 0.6) is 5.75 Å². The highest BCUT2D eigenvalue weighted by Crippen LogP contribution is 2.28. The minimum atomic E-state index is 0.295. The lowest BCUT2D eigenvalue weighted by molar-refractivity contribution is 0.450. The van der Waals surface area contributed by atoms with E-state index in [1.807, 2.05) is 13.0 Å². The summed E-state index contributed by atoms with van der Waals surface area (Å²) in [7, 11) is 0. The highest BCUT2D eigenvalue weighted by atomic mass is 16.3. The largest absolute Gasteiger partial charge is 0.506 e. The van der Waals surface area contributed by atoms with Gasteiger partial charge in [0.05, 0.1) is 5.69 Å². The standard InChI is InChI=1S/C15H24N2O/c1-12-8-9-15(18)14(17-12)11-16-10-4-7-13-5-2-3-6-13/h8-9,13,16,18H,2-7,10-11H2,1H3. The SMILES string of the molecule is Cc1ccc(O)c(CNCCCC2CCCC2)n1. The van der Waals surface area contributed by atoms with E-state index in [-0.39, 0.29) is 0 Å². The van der Waals surface area contributed by atoms with Crippen LogP contribution in [0.25, 0.3) is 0 Å². The molecule has 0 bridgehead atoms. The molecule has 0 atom stereocenters. The van der Waals surface area contributed by atoms with Gasteiger partial charge < -0.3 is 10.4 Å². The van der Waals surface area contributed by atoms with Gasteiger partial charge in [-0.05, 0) is 44.4 Å². The van der Waals surface area contributed by atoms with Crippen molar-refractivity contribution in [3.05, 3.63) is 23.5 Å². The van der Waals surface area contributed by atoms with E-state index in [0.29, 0.717) is 12.3 Å². The van der Waals surface area contributed by atoms with Gasteiger partial charge >= 0.3 is 0 Å². The molecule has 0 saturated heterocycles. The molecule has 0 aromatic carbocycles. The second-order valence-electron chi connectivity index (χ2n) is 5.39. The fraction of sp³-hybridized carbons (Fsp3) is 0.667. The summed E-state index contributed by atoms with van der Waals surface area (Å²) in [6.45, 7) is 3.63. The van der Waals surface area contributed by atoms with E-state index in [1.54, 1.807) is 6.07 Å². The number of nitrogens with zero attached hydrogens (tertiary/aromatic N) is 1. The molecule has 3 nitrogen and oxygen atoms in total. The van der Waals surface area contributed by atoms with Gasteiger partial charge in [0.25, 0.3) is 0 Å². The summed E-state index contributed by atoms with van der Waals surface area (Å²) in [6.07, 6.45) is 8.30. The zero-order chi connectivity index (χ0) is 12.8. The summed E-state index contributed by atoms with van der Waals surface area (Å²) in [5, 5.41) is 13.0. The number of hydrogen-bond acceptors (Lipinski definition) is 3. The summed E-state index contributed by atoms with van der Waals surface area (Å²) in [4.78, 5) is 4.34. The molecule has 2 rings (SSSR count). The Balaban J connectivity index is 1.64. The minimum absolute atomic E-state index is 0.295. The molecule has 0 aliphatic heterocycles. The molecule has 1 heterocycles. The second-order valence-corrected chi connectivity index (χ2v) is 5.39. The predicted molar refractivity (Wildman–Crippen MR) is 73.5 cm³/mol. The van der Waals surface area contributed by atoms with E-state index >= 15 is 0 Å². The first kappa shape index (κ1) is 13.3. The van der Waals surface area contributed by atoms with E-state index in [2.05, 4.69) is 10.3 Å². The third-order valence-electron chi connectivity index (χ3n) is 3.82. The van der Waals surface area contributed by atoms with Crippen LogP contribution in [0.3, 0.4) is 0 Å². The van der Waals surface area contributed by atoms with Gasteiger partial charge in [0.15, 0.2) is 0 Å². The average Bonchev–Trinajstić information content (AvgIpc) is 2.86. The molecule has 18 heavy (non-hydrogen) atoms. The quantitative estimate of drug-likeness (QED) is 0.760. The molecule has 1 aliphatic rings. The maximum absolute atomic E-state index is 9.66. The van der Waals surface area contributed by atoms with Crippen LogP contribution < -0.4 is 5.32 Å². The minimum Gasteiger partial charge on any atom is -0.506 e. The molecule has 2 N–H and O–H groups in total. The highest BCUT2D eigenvalue weighted by molar-refractivity contribution is 5.27. The van der Waals surface area contributed by atoms with Crippen LogP contribution in [0, 0.1) is 12.8 Å². The zero-order valence-corrected chi connectivity index (χ0v) is 11.3. The van der Waals surface area contributed by atoms with E-state index < -0.39 is 0 Å². The third-order valence-corrected chi connectivity index (χ3v) is 3.82. The Hall–Kier alpha value is -1.09. The summed E-state index contributed by atoms with van der Waals surface area (Å²) in [5.41, 5.74) is 1.71. The van der Waals surface area contributed by atoms with Crippen molar-refractivity contribution in [1.29, 1.82) is 0 Å². The first-order chi connectivity index (χ1) is 8.75. The van der Waals surface area contributed by atoms with E-state index in [9.17, 15) is 5.11 Å². The molecule has 0 spiro atoms. The van der Waals surface area contributed by atoms with E-state index in [4.69, 9.17) is 0 Å². The molecular formula is C15H24N2O. The van der Waals surface area contributed by atoms with Gasteiger partial charge in [-0.25, -0.2) is 0 Å². The number of aryl methyl sites for hydroxylation is 1. The fourth-order valence-corrected chi connectivity index (χ4v) is 2.75. The van der Waals surface area contributed by atoms with Crippen LogP contribution in [0.1, 0.15) is 49.9 Å². The number of aromatic hydroxyl groups is 1. The van der Waals surface area contributed by atoms with Crippen LogP contribution in [0.4, 0.5) is 0 Å². The lowest BCUT2D eigenvalue weighted by Crippen LogP contribution is -2.16. The van der Waals surface area contributed by atoms with Crippen molar-refractivity contribution < 1.29 is 5.11 Å². The van der Waals surface area contributed by atoms with Gasteiger partial charge in [0.2, 0.25) is 0 Å². The van der Waals surface area contributed by atoms with Gasteiger partial charge in [-0.3, -0.25) is 4.98 Å². The van der Waals surface area contributed by atoms with Gasteiger partial charge in [0.1, 0.15) is 5.75 Å². The maximum atomic E-state index is 9.66. The van der Waals surface area contributed by atoms with Crippen LogP contribution >= 0.6 is 0 Å². The number of rotatable bonds is 6. The second kappa shape index (κ2) is 6.74. The summed E-state index contributed by atoms with van der Waals surface area (Å²) >= 11 is 0. The zero-order valence-electron chi connectivity index (χ0n) is 11.3. The molecule has 1 aliphatic carbocycles. The molecule has 100 valence electrons. The molecule has 1 aromatic rings. The van der Waals surface area contributed by atoms with Crippen LogP contribution in [-0.2, 0) is 6.54 Å². The molecule has 0 unspecified atom stereocenters. The average molecular weight is 248 g/mol. The highest BCUT2D eigenvalue weighted by Gasteiger charge is 2.13. The third kappa shape index (κ3) is 3.98. The number of pyridine rings is 1. The van der Waals surface area contributed by atoms with Gasteiger partial charge in [-0.15, -0.1) is 0 Å². The van der Waals surface area contributed by atoms with Crippen molar-refractivity contribution in [2.75, 3.05) is 6.54 Å². The fourth-order valence-electron chi connectivity index (χ4n) is 2.75. The van der Waals surface area contributed by atoms with Crippen molar-refractivity contribution in [3.8, 4) is 5.75 Å². The van der Waals surface area contributed by atoms with Crippen LogP contribution in [-0.4, -0.2) is 16.6 Å². The lowest BCUT2D eigenvalue weighted by Gasteiger charge is -2.10. The molecule has 1 saturated carbocycles. The van der Waals surface area contributed by atoms with E-state index in [1.165, 1.54) is 38.5 Å². The molecule has 0 radical (unpaired) electrons. The summed E-state index contributed by atoms with van der Waals surface area (Å²) in [5.74, 6) is 1.26. The van der Waals surface area contributed by atoms with Crippen LogP contribution in [0.15, 0.2) is 12.1 Å². The van der Waals surface area contributed by atoms with Gasteiger partial charge in [-0.2, -0.15) is 0 Å². The summed E-state index contributed by atoms with van der Waals surface area (Å²) < 4.78 is 0. The monoisotopic (exact) mass is 248 g/mol. The molecule has 1 fully saturated rings. The van der Waals surface area contributed by atoms with Crippen molar-refractivity contribution in [1.82, 2.24) is 10.3 Å². The Morgan fingerprint density at radius 2 is 2.11 bits per heavy atom.